The Balaban J connectivity index is 4.22. The number of hydrogen-bond donors (Lipinski definition) is 0. The lowest BCUT2D eigenvalue weighted by Crippen LogP contribution is -2.30. The smallest absolute Gasteiger partial charge is 0.306 e. The third-order valence-electron chi connectivity index (χ3n) is 16.8. The predicted octanol–water partition coefficient (Wildman–Crippen LogP) is 25.7. The second-order valence-electron chi connectivity index (χ2n) is 25.2. The van der Waals surface area contributed by atoms with Crippen LogP contribution >= 0.6 is 0 Å². The molecule has 486 valence electrons. The molecule has 0 bridgehead atoms. The number of unbranched alkanes of at least 4 members (excludes halogenated alkanes) is 50. The Bertz CT molecular complexity index is 1430. The van der Waals surface area contributed by atoms with E-state index in [1.807, 2.05) is 0 Å². The summed E-state index contributed by atoms with van der Waals surface area (Å²) in [6.07, 6.45) is 91.5. The fourth-order valence-electron chi connectivity index (χ4n) is 11.3. The van der Waals surface area contributed by atoms with Gasteiger partial charge < -0.3 is 14.2 Å². The summed E-state index contributed by atoms with van der Waals surface area (Å²) < 4.78 is 17.0. The Hall–Kier alpha value is -2.63. The molecule has 0 saturated heterocycles. The van der Waals surface area contributed by atoms with Crippen molar-refractivity contribution in [3.05, 3.63) is 48.6 Å². The van der Waals surface area contributed by atoms with Crippen molar-refractivity contribution in [3.63, 3.8) is 0 Å². The highest BCUT2D eigenvalue weighted by molar-refractivity contribution is 5.71. The van der Waals surface area contributed by atoms with Gasteiger partial charge in [0.25, 0.3) is 0 Å². The van der Waals surface area contributed by atoms with Crippen LogP contribution in [0.1, 0.15) is 406 Å². The normalized spacial score (nSPS) is 12.3. The number of esters is 3. The molecule has 0 amide bonds. The van der Waals surface area contributed by atoms with Gasteiger partial charge in [0.2, 0.25) is 0 Å². The van der Waals surface area contributed by atoms with E-state index >= 15 is 0 Å². The molecule has 0 aromatic carbocycles. The highest BCUT2D eigenvalue weighted by Crippen LogP contribution is 2.19. The standard InChI is InChI=1S/C77H142O6/c1-4-7-10-13-16-19-22-25-28-30-32-34-35-36-37-38-39-40-41-43-44-46-49-52-55-58-61-64-67-70-76(79)82-73-74(72-81-75(78)69-66-63-60-57-54-51-48-27-24-21-18-15-12-9-6-3)83-77(80)71-68-65-62-59-56-53-50-47-45-42-33-31-29-26-23-20-17-14-11-8-5-2/h7,10,16,19,25,28,32,34,74H,4-6,8-9,11-15,17-18,20-24,26-27,29-31,33,35-73H2,1-3H3/b10-7-,19-16-,28-25-,34-32-. The van der Waals surface area contributed by atoms with Gasteiger partial charge in [-0.15, -0.1) is 0 Å². The van der Waals surface area contributed by atoms with Crippen molar-refractivity contribution in [1.82, 2.24) is 0 Å². The maximum absolute atomic E-state index is 13.0. The van der Waals surface area contributed by atoms with Crippen LogP contribution in [-0.2, 0) is 28.6 Å². The molecule has 0 heterocycles. The molecule has 0 rings (SSSR count). The first kappa shape index (κ1) is 80.4. The fourth-order valence-corrected chi connectivity index (χ4v) is 11.3. The summed E-state index contributed by atoms with van der Waals surface area (Å²) in [7, 11) is 0. The minimum absolute atomic E-state index is 0.0650. The van der Waals surface area contributed by atoms with E-state index in [0.29, 0.717) is 19.3 Å². The topological polar surface area (TPSA) is 78.9 Å². The summed E-state index contributed by atoms with van der Waals surface area (Å²) in [5.74, 6) is -0.830. The monoisotopic (exact) mass is 1160 g/mol. The molecular formula is C77H142O6. The molecule has 6 heteroatoms. The third-order valence-corrected chi connectivity index (χ3v) is 16.8. The van der Waals surface area contributed by atoms with Crippen LogP contribution in [-0.4, -0.2) is 37.2 Å². The van der Waals surface area contributed by atoms with Crippen LogP contribution in [0.25, 0.3) is 0 Å². The van der Waals surface area contributed by atoms with Gasteiger partial charge in [0.15, 0.2) is 6.10 Å². The van der Waals surface area contributed by atoms with E-state index in [9.17, 15) is 14.4 Å². The van der Waals surface area contributed by atoms with Gasteiger partial charge in [-0.1, -0.05) is 378 Å². The average molecular weight is 1160 g/mol. The predicted molar refractivity (Wildman–Crippen MR) is 362 cm³/mol. The van der Waals surface area contributed by atoms with Crippen molar-refractivity contribution >= 4 is 17.9 Å². The van der Waals surface area contributed by atoms with Crippen molar-refractivity contribution in [2.75, 3.05) is 13.2 Å². The van der Waals surface area contributed by atoms with Crippen LogP contribution in [0, 0.1) is 0 Å². The minimum Gasteiger partial charge on any atom is -0.462 e. The third kappa shape index (κ3) is 70.0. The number of carbonyl (C=O) groups is 3. The highest BCUT2D eigenvalue weighted by atomic mass is 16.6. The van der Waals surface area contributed by atoms with E-state index in [-0.39, 0.29) is 31.1 Å². The van der Waals surface area contributed by atoms with Crippen LogP contribution in [0.15, 0.2) is 48.6 Å². The largest absolute Gasteiger partial charge is 0.462 e. The average Bonchev–Trinajstić information content (AvgIpc) is 3.49. The summed E-state index contributed by atoms with van der Waals surface area (Å²) in [5.41, 5.74) is 0. The van der Waals surface area contributed by atoms with Crippen molar-refractivity contribution in [3.8, 4) is 0 Å². The molecule has 1 atom stereocenters. The van der Waals surface area contributed by atoms with Crippen LogP contribution in [0.5, 0.6) is 0 Å². The number of allylic oxidation sites excluding steroid dienone is 8. The summed E-state index contributed by atoms with van der Waals surface area (Å²) in [4.78, 5) is 38.5. The molecule has 0 fully saturated rings. The minimum atomic E-state index is -0.769. The molecule has 0 aliphatic heterocycles. The molecule has 83 heavy (non-hydrogen) atoms. The number of ether oxygens (including phenoxy) is 3. The summed E-state index contributed by atoms with van der Waals surface area (Å²) in [6, 6.07) is 0. The molecule has 0 aliphatic carbocycles. The Morgan fingerprint density at radius 2 is 0.470 bits per heavy atom. The van der Waals surface area contributed by atoms with E-state index in [4.69, 9.17) is 14.2 Å². The molecule has 1 unspecified atom stereocenters. The molecule has 0 aromatic rings. The number of hydrogen-bond acceptors (Lipinski definition) is 6. The molecule has 0 radical (unpaired) electrons. The lowest BCUT2D eigenvalue weighted by Gasteiger charge is -2.18. The first-order valence-corrected chi connectivity index (χ1v) is 37.1. The summed E-state index contributed by atoms with van der Waals surface area (Å²) in [5, 5.41) is 0. The van der Waals surface area contributed by atoms with Gasteiger partial charge in [-0.3, -0.25) is 14.4 Å². The van der Waals surface area contributed by atoms with Gasteiger partial charge >= 0.3 is 17.9 Å². The Kier molecular flexibility index (Phi) is 69.6. The summed E-state index contributed by atoms with van der Waals surface area (Å²) >= 11 is 0. The Labute approximate surface area is 518 Å². The molecule has 6 nitrogen and oxygen atoms in total. The van der Waals surface area contributed by atoms with Gasteiger partial charge in [-0.2, -0.15) is 0 Å². The zero-order valence-corrected chi connectivity index (χ0v) is 56.0. The van der Waals surface area contributed by atoms with Crippen LogP contribution in [0.2, 0.25) is 0 Å². The molecule has 0 saturated carbocycles. The Morgan fingerprint density at radius 3 is 0.735 bits per heavy atom. The van der Waals surface area contributed by atoms with Gasteiger partial charge in [-0.05, 0) is 57.8 Å². The first-order chi connectivity index (χ1) is 41.0. The maximum atomic E-state index is 13.0. The fraction of sp³-hybridized carbons (Fsp3) is 0.857. The van der Waals surface area contributed by atoms with Crippen molar-refractivity contribution < 1.29 is 28.6 Å². The van der Waals surface area contributed by atoms with Crippen molar-refractivity contribution in [2.24, 2.45) is 0 Å². The van der Waals surface area contributed by atoms with Gasteiger partial charge in [-0.25, -0.2) is 0 Å². The van der Waals surface area contributed by atoms with E-state index in [1.54, 1.807) is 0 Å². The van der Waals surface area contributed by atoms with Crippen LogP contribution in [0.3, 0.4) is 0 Å². The quantitative estimate of drug-likeness (QED) is 0.0261. The van der Waals surface area contributed by atoms with E-state index in [2.05, 4.69) is 69.4 Å². The lowest BCUT2D eigenvalue weighted by molar-refractivity contribution is -0.167. The van der Waals surface area contributed by atoms with Gasteiger partial charge in [0.05, 0.1) is 0 Å². The van der Waals surface area contributed by atoms with E-state index in [0.717, 1.165) is 83.5 Å². The first-order valence-electron chi connectivity index (χ1n) is 37.1. The zero-order valence-electron chi connectivity index (χ0n) is 56.0. The molecular weight excluding hydrogens is 1020 g/mol. The molecule has 0 aliphatic rings. The van der Waals surface area contributed by atoms with E-state index in [1.165, 1.54) is 283 Å². The second kappa shape index (κ2) is 71.8. The molecule has 0 spiro atoms. The lowest BCUT2D eigenvalue weighted by atomic mass is 10.0. The highest BCUT2D eigenvalue weighted by Gasteiger charge is 2.20. The Morgan fingerprint density at radius 1 is 0.253 bits per heavy atom. The molecule has 0 aromatic heterocycles. The van der Waals surface area contributed by atoms with Gasteiger partial charge in [0, 0.05) is 19.3 Å². The van der Waals surface area contributed by atoms with Crippen molar-refractivity contribution in [1.29, 1.82) is 0 Å². The van der Waals surface area contributed by atoms with Gasteiger partial charge in [0.1, 0.15) is 13.2 Å². The zero-order chi connectivity index (χ0) is 59.9. The SMILES string of the molecule is CC/C=C\C/C=C\C/C=C\C/C=C\CCCCCCCCCCCCCCCCCCC(=O)OCC(COC(=O)CCCCCCCCCCCCCCCCC)OC(=O)CCCCCCCCCCCCCCCCCCCCCCC. The maximum Gasteiger partial charge on any atom is 0.306 e. The number of carbonyl (C=O) groups excluding carboxylic acids is 3. The van der Waals surface area contributed by atoms with Crippen LogP contribution in [0.4, 0.5) is 0 Å². The molecule has 0 N–H and O–H groups in total. The number of rotatable bonds is 69. The second-order valence-corrected chi connectivity index (χ2v) is 25.2. The van der Waals surface area contributed by atoms with Crippen molar-refractivity contribution in [2.45, 2.75) is 412 Å². The summed E-state index contributed by atoms with van der Waals surface area (Å²) in [6.45, 7) is 6.62. The van der Waals surface area contributed by atoms with Crippen LogP contribution < -0.4 is 0 Å². The van der Waals surface area contributed by atoms with E-state index < -0.39 is 6.10 Å².